The van der Waals surface area contributed by atoms with Gasteiger partial charge in [0.25, 0.3) is 0 Å². The van der Waals surface area contributed by atoms with Gasteiger partial charge < -0.3 is 5.32 Å². The van der Waals surface area contributed by atoms with Crippen molar-refractivity contribution in [1.82, 2.24) is 10.3 Å². The maximum absolute atomic E-state index is 4.50. The Balaban J connectivity index is 1.47. The van der Waals surface area contributed by atoms with Crippen LogP contribution in [-0.2, 0) is 6.54 Å². The Kier molecular flexibility index (Phi) is 2.82. The quantitative estimate of drug-likeness (QED) is 0.909. The van der Waals surface area contributed by atoms with Crippen LogP contribution in [0.3, 0.4) is 0 Å². The lowest BCUT2D eigenvalue weighted by Gasteiger charge is -2.57. The van der Waals surface area contributed by atoms with Gasteiger partial charge in [-0.2, -0.15) is 0 Å². The van der Waals surface area contributed by atoms with Gasteiger partial charge in [-0.15, -0.1) is 11.3 Å². The van der Waals surface area contributed by atoms with Gasteiger partial charge in [0.1, 0.15) is 0 Å². The molecule has 98 valence electrons. The van der Waals surface area contributed by atoms with Crippen molar-refractivity contribution in [3.05, 3.63) is 15.0 Å². The fourth-order valence-corrected chi connectivity index (χ4v) is 6.02. The van der Waals surface area contributed by atoms with Crippen LogP contribution >= 0.6 is 27.3 Å². The molecule has 4 saturated carbocycles. The second-order valence-corrected chi connectivity index (χ2v) is 8.78. The van der Waals surface area contributed by atoms with Gasteiger partial charge in [-0.25, -0.2) is 4.98 Å². The maximum atomic E-state index is 4.50. The molecule has 4 aliphatic carbocycles. The summed E-state index contributed by atoms with van der Waals surface area (Å²) in [5, 5.41) is 6.04. The van der Waals surface area contributed by atoms with Crippen molar-refractivity contribution in [2.45, 2.75) is 50.6 Å². The summed E-state index contributed by atoms with van der Waals surface area (Å²) in [6.45, 7) is 0.953. The van der Waals surface area contributed by atoms with Crippen molar-refractivity contribution in [1.29, 1.82) is 0 Å². The van der Waals surface area contributed by atoms with E-state index in [4.69, 9.17) is 0 Å². The standard InChI is InChI=1S/C14H19BrN2S/c15-13-17-12(8-18-13)7-16-14-4-9-1-10(5-14)3-11(2-9)6-14/h8-11,16H,1-7H2. The van der Waals surface area contributed by atoms with Gasteiger partial charge in [-0.1, -0.05) is 0 Å². The second-order valence-electron chi connectivity index (χ2n) is 6.64. The molecular formula is C14H19BrN2S. The molecule has 4 bridgehead atoms. The van der Waals surface area contributed by atoms with E-state index in [1.54, 1.807) is 11.3 Å². The summed E-state index contributed by atoms with van der Waals surface area (Å²) >= 11 is 5.13. The molecule has 4 aliphatic rings. The van der Waals surface area contributed by atoms with Crippen LogP contribution in [0.4, 0.5) is 0 Å². The topological polar surface area (TPSA) is 24.9 Å². The highest BCUT2D eigenvalue weighted by molar-refractivity contribution is 9.11. The Hall–Kier alpha value is 0.0700. The average molecular weight is 327 g/mol. The normalized spacial score (nSPS) is 41.5. The Morgan fingerprint density at radius 3 is 2.33 bits per heavy atom. The van der Waals surface area contributed by atoms with Crippen molar-refractivity contribution in [3.63, 3.8) is 0 Å². The predicted octanol–water partition coefficient (Wildman–Crippen LogP) is 3.96. The summed E-state index contributed by atoms with van der Waals surface area (Å²) < 4.78 is 1.00. The molecule has 18 heavy (non-hydrogen) atoms. The molecule has 1 heterocycles. The minimum atomic E-state index is 0.463. The van der Waals surface area contributed by atoms with Crippen LogP contribution in [0.25, 0.3) is 0 Å². The van der Waals surface area contributed by atoms with E-state index in [1.165, 1.54) is 44.2 Å². The summed E-state index contributed by atoms with van der Waals surface area (Å²) in [5.41, 5.74) is 1.66. The predicted molar refractivity (Wildman–Crippen MR) is 77.6 cm³/mol. The number of hydrogen-bond donors (Lipinski definition) is 1. The van der Waals surface area contributed by atoms with E-state index >= 15 is 0 Å². The van der Waals surface area contributed by atoms with Crippen molar-refractivity contribution < 1.29 is 0 Å². The maximum Gasteiger partial charge on any atom is 0.159 e. The Morgan fingerprint density at radius 1 is 1.22 bits per heavy atom. The highest BCUT2D eigenvalue weighted by Gasteiger charge is 2.50. The monoisotopic (exact) mass is 326 g/mol. The molecule has 0 amide bonds. The van der Waals surface area contributed by atoms with E-state index < -0.39 is 0 Å². The van der Waals surface area contributed by atoms with Crippen molar-refractivity contribution in [2.24, 2.45) is 17.8 Å². The Morgan fingerprint density at radius 2 is 1.83 bits per heavy atom. The van der Waals surface area contributed by atoms with E-state index in [0.29, 0.717) is 5.54 Å². The number of halogens is 1. The molecule has 1 N–H and O–H groups in total. The zero-order chi connectivity index (χ0) is 12.2. The lowest BCUT2D eigenvalue weighted by molar-refractivity contribution is -0.0207. The first-order chi connectivity index (χ1) is 8.71. The molecule has 4 heteroatoms. The smallest absolute Gasteiger partial charge is 0.159 e. The SMILES string of the molecule is Brc1nc(CNC23CC4CC(CC(C4)C2)C3)cs1. The molecule has 2 nitrogen and oxygen atoms in total. The molecule has 0 aromatic carbocycles. The van der Waals surface area contributed by atoms with Crippen LogP contribution in [0.15, 0.2) is 9.30 Å². The van der Waals surface area contributed by atoms with E-state index in [9.17, 15) is 0 Å². The van der Waals surface area contributed by atoms with Crippen molar-refractivity contribution in [3.8, 4) is 0 Å². The highest BCUT2D eigenvalue weighted by atomic mass is 79.9. The Labute approximate surface area is 121 Å². The molecule has 0 saturated heterocycles. The van der Waals surface area contributed by atoms with Crippen LogP contribution in [0.2, 0.25) is 0 Å². The second kappa shape index (κ2) is 4.29. The van der Waals surface area contributed by atoms with Gasteiger partial charge in [0.2, 0.25) is 0 Å². The largest absolute Gasteiger partial charge is 0.306 e. The fraction of sp³-hybridized carbons (Fsp3) is 0.786. The van der Waals surface area contributed by atoms with Gasteiger partial charge >= 0.3 is 0 Å². The number of nitrogens with zero attached hydrogens (tertiary/aromatic N) is 1. The van der Waals surface area contributed by atoms with Gasteiger partial charge in [0.05, 0.1) is 5.69 Å². The molecular weight excluding hydrogens is 308 g/mol. The highest BCUT2D eigenvalue weighted by Crippen LogP contribution is 2.55. The van der Waals surface area contributed by atoms with Crippen LogP contribution in [0, 0.1) is 17.8 Å². The van der Waals surface area contributed by atoms with Crippen LogP contribution in [-0.4, -0.2) is 10.5 Å². The van der Waals surface area contributed by atoms with Gasteiger partial charge in [0, 0.05) is 17.5 Å². The number of thiazole rings is 1. The average Bonchev–Trinajstić information content (AvgIpc) is 2.71. The first-order valence-electron chi connectivity index (χ1n) is 7.06. The molecule has 0 radical (unpaired) electrons. The lowest BCUT2D eigenvalue weighted by Crippen LogP contribution is -2.58. The van der Waals surface area contributed by atoms with E-state index in [0.717, 1.165) is 28.2 Å². The van der Waals surface area contributed by atoms with Crippen molar-refractivity contribution in [2.75, 3.05) is 0 Å². The molecule has 1 aromatic heterocycles. The molecule has 0 unspecified atom stereocenters. The number of nitrogens with one attached hydrogen (secondary N) is 1. The van der Waals surface area contributed by atoms with E-state index in [2.05, 4.69) is 31.6 Å². The summed E-state index contributed by atoms with van der Waals surface area (Å²) in [5.74, 6) is 3.06. The molecule has 1 aromatic rings. The summed E-state index contributed by atoms with van der Waals surface area (Å²) in [6.07, 6.45) is 8.81. The van der Waals surface area contributed by atoms with Gasteiger partial charge in [-0.3, -0.25) is 0 Å². The summed E-state index contributed by atoms with van der Waals surface area (Å²) in [7, 11) is 0. The first-order valence-corrected chi connectivity index (χ1v) is 8.73. The third-order valence-electron chi connectivity index (χ3n) is 5.21. The minimum absolute atomic E-state index is 0.463. The number of rotatable bonds is 3. The molecule has 0 atom stereocenters. The van der Waals surface area contributed by atoms with Crippen LogP contribution in [0.1, 0.15) is 44.2 Å². The minimum Gasteiger partial charge on any atom is -0.306 e. The fourth-order valence-electron chi connectivity index (χ4n) is 4.97. The third kappa shape index (κ3) is 2.06. The van der Waals surface area contributed by atoms with E-state index in [-0.39, 0.29) is 0 Å². The van der Waals surface area contributed by atoms with Gasteiger partial charge in [0.15, 0.2) is 3.92 Å². The molecule has 0 aliphatic heterocycles. The third-order valence-corrected chi connectivity index (χ3v) is 6.62. The molecule has 4 fully saturated rings. The zero-order valence-electron chi connectivity index (χ0n) is 10.5. The lowest BCUT2D eigenvalue weighted by atomic mass is 9.53. The first kappa shape index (κ1) is 11.9. The summed E-state index contributed by atoms with van der Waals surface area (Å²) in [4.78, 5) is 4.50. The molecule has 5 rings (SSSR count). The Bertz CT molecular complexity index is 421. The number of aromatic nitrogens is 1. The van der Waals surface area contributed by atoms with E-state index in [1.807, 2.05) is 0 Å². The summed E-state index contributed by atoms with van der Waals surface area (Å²) in [6, 6.07) is 0. The van der Waals surface area contributed by atoms with Crippen molar-refractivity contribution >= 4 is 27.3 Å². The zero-order valence-corrected chi connectivity index (χ0v) is 12.9. The number of hydrogen-bond acceptors (Lipinski definition) is 3. The van der Waals surface area contributed by atoms with Gasteiger partial charge in [-0.05, 0) is 72.2 Å². The van der Waals surface area contributed by atoms with Crippen LogP contribution < -0.4 is 5.32 Å². The molecule has 0 spiro atoms. The van der Waals surface area contributed by atoms with Crippen LogP contribution in [0.5, 0.6) is 0 Å².